The van der Waals surface area contributed by atoms with Crippen LogP contribution in [0.5, 0.6) is 5.75 Å². The second-order valence-electron chi connectivity index (χ2n) is 7.63. The number of nitrogens with two attached hydrogens (primary N) is 1. The molecule has 0 heterocycles. The lowest BCUT2D eigenvalue weighted by molar-refractivity contribution is -0.708. The van der Waals surface area contributed by atoms with Crippen LogP contribution in [0.25, 0.3) is 0 Å². The van der Waals surface area contributed by atoms with Crippen molar-refractivity contribution in [1.29, 1.82) is 0 Å². The molecule has 0 aromatic heterocycles. The van der Waals surface area contributed by atoms with E-state index < -0.39 is 0 Å². The van der Waals surface area contributed by atoms with Crippen molar-refractivity contribution in [3.8, 4) is 5.75 Å². The van der Waals surface area contributed by atoms with Crippen LogP contribution in [0.4, 0.5) is 0 Å². The summed E-state index contributed by atoms with van der Waals surface area (Å²) < 4.78 is 5.23. The Morgan fingerprint density at radius 2 is 1.57 bits per heavy atom. The molecule has 4 aliphatic carbocycles. The fourth-order valence-corrected chi connectivity index (χ4v) is 5.59. The second kappa shape index (κ2) is 5.64. The van der Waals surface area contributed by atoms with E-state index in [2.05, 4.69) is 29.6 Å². The van der Waals surface area contributed by atoms with Crippen LogP contribution < -0.4 is 10.1 Å². The molecular weight excluding hydrogens is 258 g/mol. The molecule has 0 amide bonds. The smallest absolute Gasteiger partial charge is 0.118 e. The zero-order valence-corrected chi connectivity index (χ0v) is 13.1. The SMILES string of the molecule is COc1ccc(CC[NH2+]C2C3CC4CC(C3)CC2C4)cc1. The van der Waals surface area contributed by atoms with Gasteiger partial charge in [-0.1, -0.05) is 12.1 Å². The van der Waals surface area contributed by atoms with Gasteiger partial charge in [0, 0.05) is 18.3 Å². The highest BCUT2D eigenvalue weighted by Crippen LogP contribution is 2.52. The topological polar surface area (TPSA) is 25.8 Å². The average molecular weight is 286 g/mol. The van der Waals surface area contributed by atoms with Gasteiger partial charge in [-0.3, -0.25) is 0 Å². The fourth-order valence-electron chi connectivity index (χ4n) is 5.59. The zero-order chi connectivity index (χ0) is 14.2. The Hall–Kier alpha value is -1.02. The molecule has 114 valence electrons. The van der Waals surface area contributed by atoms with E-state index in [4.69, 9.17) is 4.74 Å². The quantitative estimate of drug-likeness (QED) is 0.884. The van der Waals surface area contributed by atoms with Crippen LogP contribution in [0.3, 0.4) is 0 Å². The summed E-state index contributed by atoms with van der Waals surface area (Å²) in [4.78, 5) is 0. The van der Waals surface area contributed by atoms with Crippen LogP contribution in [-0.2, 0) is 6.42 Å². The van der Waals surface area contributed by atoms with Crippen LogP contribution in [0.2, 0.25) is 0 Å². The first-order valence-electron chi connectivity index (χ1n) is 8.78. The molecule has 2 N–H and O–H groups in total. The van der Waals surface area contributed by atoms with E-state index >= 15 is 0 Å². The summed E-state index contributed by atoms with van der Waals surface area (Å²) in [5.41, 5.74) is 1.44. The molecule has 4 aliphatic rings. The third-order valence-corrected chi connectivity index (χ3v) is 6.33. The Kier molecular flexibility index (Phi) is 3.66. The van der Waals surface area contributed by atoms with Gasteiger partial charge in [0.2, 0.25) is 0 Å². The van der Waals surface area contributed by atoms with Crippen molar-refractivity contribution >= 4 is 0 Å². The van der Waals surface area contributed by atoms with Gasteiger partial charge in [0.25, 0.3) is 0 Å². The molecule has 0 unspecified atom stereocenters. The molecule has 0 radical (unpaired) electrons. The molecule has 1 aromatic carbocycles. The van der Waals surface area contributed by atoms with Crippen molar-refractivity contribution in [3.63, 3.8) is 0 Å². The molecule has 2 nitrogen and oxygen atoms in total. The number of benzene rings is 1. The molecule has 4 bridgehead atoms. The Morgan fingerprint density at radius 1 is 0.952 bits per heavy atom. The minimum absolute atomic E-state index is 0.941. The maximum absolute atomic E-state index is 5.23. The van der Waals surface area contributed by atoms with Crippen molar-refractivity contribution in [2.24, 2.45) is 23.7 Å². The van der Waals surface area contributed by atoms with Crippen LogP contribution in [0.1, 0.15) is 37.7 Å². The normalized spacial score (nSPS) is 36.9. The number of rotatable bonds is 5. The maximum atomic E-state index is 5.23. The molecule has 2 heteroatoms. The van der Waals surface area contributed by atoms with Gasteiger partial charge in [0.15, 0.2) is 0 Å². The molecule has 5 rings (SSSR count). The summed E-state index contributed by atoms with van der Waals surface area (Å²) >= 11 is 0. The predicted octanol–water partition coefficient (Wildman–Crippen LogP) is 2.63. The minimum atomic E-state index is 0.941. The van der Waals surface area contributed by atoms with Gasteiger partial charge >= 0.3 is 0 Å². The minimum Gasteiger partial charge on any atom is -0.497 e. The molecule has 0 spiro atoms. The fraction of sp³-hybridized carbons (Fsp3) is 0.684. The van der Waals surface area contributed by atoms with Crippen molar-refractivity contribution in [2.45, 2.75) is 44.6 Å². The summed E-state index contributed by atoms with van der Waals surface area (Å²) in [7, 11) is 1.73. The van der Waals surface area contributed by atoms with Gasteiger partial charge in [-0.2, -0.15) is 0 Å². The van der Waals surface area contributed by atoms with Gasteiger partial charge in [-0.15, -0.1) is 0 Å². The van der Waals surface area contributed by atoms with Crippen LogP contribution in [0.15, 0.2) is 24.3 Å². The standard InChI is InChI=1S/C19H27NO/c1-21-18-4-2-13(3-5-18)6-7-20-19-16-9-14-8-15(11-16)12-17(19)10-14/h2-5,14-17,19-20H,6-12H2,1H3/p+1. The Bertz CT molecular complexity index is 453. The summed E-state index contributed by atoms with van der Waals surface area (Å²) in [6.45, 7) is 1.25. The summed E-state index contributed by atoms with van der Waals surface area (Å²) in [5.74, 6) is 5.23. The largest absolute Gasteiger partial charge is 0.497 e. The van der Waals surface area contributed by atoms with Crippen LogP contribution >= 0.6 is 0 Å². The number of hydrogen-bond donors (Lipinski definition) is 1. The van der Waals surface area contributed by atoms with E-state index in [1.165, 1.54) is 44.2 Å². The van der Waals surface area contributed by atoms with E-state index in [1.54, 1.807) is 13.5 Å². The Morgan fingerprint density at radius 3 is 2.14 bits per heavy atom. The Labute approximate surface area is 128 Å². The predicted molar refractivity (Wildman–Crippen MR) is 84.3 cm³/mol. The van der Waals surface area contributed by atoms with Crippen molar-refractivity contribution in [2.75, 3.05) is 13.7 Å². The van der Waals surface area contributed by atoms with E-state index in [-0.39, 0.29) is 0 Å². The van der Waals surface area contributed by atoms with E-state index in [1.807, 2.05) is 0 Å². The first-order valence-corrected chi connectivity index (χ1v) is 8.78. The highest BCUT2D eigenvalue weighted by atomic mass is 16.5. The molecule has 21 heavy (non-hydrogen) atoms. The van der Waals surface area contributed by atoms with Gasteiger partial charge in [0.05, 0.1) is 19.7 Å². The number of ether oxygens (including phenoxy) is 1. The second-order valence-corrected chi connectivity index (χ2v) is 7.63. The van der Waals surface area contributed by atoms with Gasteiger partial charge in [-0.25, -0.2) is 0 Å². The number of hydrogen-bond acceptors (Lipinski definition) is 1. The van der Waals surface area contributed by atoms with Crippen LogP contribution in [0, 0.1) is 23.7 Å². The lowest BCUT2D eigenvalue weighted by atomic mass is 9.54. The highest BCUT2D eigenvalue weighted by molar-refractivity contribution is 5.27. The van der Waals surface area contributed by atoms with Gasteiger partial charge in [-0.05, 0) is 61.6 Å². The van der Waals surface area contributed by atoms with E-state index in [0.29, 0.717) is 0 Å². The number of quaternary nitrogens is 1. The molecule has 4 saturated carbocycles. The van der Waals surface area contributed by atoms with E-state index in [9.17, 15) is 0 Å². The van der Waals surface area contributed by atoms with Crippen molar-refractivity contribution in [1.82, 2.24) is 0 Å². The maximum Gasteiger partial charge on any atom is 0.118 e. The van der Waals surface area contributed by atoms with Crippen molar-refractivity contribution in [3.05, 3.63) is 29.8 Å². The van der Waals surface area contributed by atoms with Gasteiger partial charge in [0.1, 0.15) is 5.75 Å². The lowest BCUT2D eigenvalue weighted by Crippen LogP contribution is -2.94. The van der Waals surface area contributed by atoms with Gasteiger partial charge < -0.3 is 10.1 Å². The number of methoxy groups -OCH3 is 1. The Balaban J connectivity index is 1.30. The molecule has 0 saturated heterocycles. The summed E-state index contributed by atoms with van der Waals surface area (Å²) in [6.07, 6.45) is 8.90. The lowest BCUT2D eigenvalue weighted by Gasteiger charge is -2.52. The highest BCUT2D eigenvalue weighted by Gasteiger charge is 2.49. The van der Waals surface area contributed by atoms with Crippen molar-refractivity contribution < 1.29 is 10.1 Å². The third-order valence-electron chi connectivity index (χ3n) is 6.33. The molecule has 0 atom stereocenters. The molecule has 0 aliphatic heterocycles. The summed E-state index contributed by atoms with van der Waals surface area (Å²) in [5, 5.41) is 2.69. The monoisotopic (exact) mass is 286 g/mol. The molecule has 4 fully saturated rings. The first-order chi connectivity index (χ1) is 10.3. The zero-order valence-electron chi connectivity index (χ0n) is 13.1. The molecular formula is C19H28NO+. The third kappa shape index (κ3) is 2.70. The first kappa shape index (κ1) is 13.6. The average Bonchev–Trinajstić information content (AvgIpc) is 2.50. The van der Waals surface area contributed by atoms with Crippen LogP contribution in [-0.4, -0.2) is 19.7 Å². The summed E-state index contributed by atoms with van der Waals surface area (Å²) in [6, 6.07) is 9.53. The molecule has 1 aromatic rings. The van der Waals surface area contributed by atoms with E-state index in [0.717, 1.165) is 35.5 Å².